The Kier molecular flexibility index (Phi) is 9.09. The maximum atomic E-state index is 2.45. The van der Waals surface area contributed by atoms with Gasteiger partial charge in [-0.2, -0.15) is 0 Å². The summed E-state index contributed by atoms with van der Waals surface area (Å²) in [6.07, 6.45) is 0. The predicted octanol–water partition coefficient (Wildman–Crippen LogP) is 16.4. The second-order valence-corrected chi connectivity index (χ2v) is 15.8. The molecule has 288 valence electrons. The molecule has 11 rings (SSSR count). The highest BCUT2D eigenvalue weighted by molar-refractivity contribution is 6.12. The van der Waals surface area contributed by atoms with Crippen LogP contribution in [0.3, 0.4) is 0 Å². The lowest BCUT2D eigenvalue weighted by molar-refractivity contribution is 1.18. The fraction of sp³-hybridized carbons (Fsp3) is 0.0169. The molecule has 0 N–H and O–H groups in total. The summed E-state index contributed by atoms with van der Waals surface area (Å²) in [7, 11) is 0. The number of fused-ring (bicyclic) bond motifs is 4. The fourth-order valence-corrected chi connectivity index (χ4v) is 9.26. The van der Waals surface area contributed by atoms with Crippen LogP contribution in [0.15, 0.2) is 237 Å². The molecule has 1 aromatic heterocycles. The molecule has 0 amide bonds. The van der Waals surface area contributed by atoms with Crippen LogP contribution in [-0.4, -0.2) is 4.57 Å². The minimum atomic E-state index is 1.08. The Hall–Kier alpha value is -7.94. The van der Waals surface area contributed by atoms with E-state index in [1.807, 2.05) is 0 Å². The van der Waals surface area contributed by atoms with Crippen molar-refractivity contribution in [2.75, 3.05) is 4.90 Å². The Morgan fingerprint density at radius 3 is 1.70 bits per heavy atom. The van der Waals surface area contributed by atoms with Crippen molar-refractivity contribution in [3.05, 3.63) is 242 Å². The molecule has 0 aliphatic rings. The van der Waals surface area contributed by atoms with Crippen LogP contribution in [0.2, 0.25) is 0 Å². The van der Waals surface area contributed by atoms with Gasteiger partial charge in [0.1, 0.15) is 0 Å². The molecule has 11 aromatic rings. The monoisotopic (exact) mass is 778 g/mol. The highest BCUT2D eigenvalue weighted by Gasteiger charge is 2.22. The Bertz CT molecular complexity index is 3330. The number of aromatic nitrogens is 1. The van der Waals surface area contributed by atoms with Gasteiger partial charge in [-0.25, -0.2) is 0 Å². The summed E-state index contributed by atoms with van der Waals surface area (Å²) in [6.45, 7) is 2.22. The quantitative estimate of drug-likeness (QED) is 0.149. The lowest BCUT2D eigenvalue weighted by atomic mass is 9.91. The summed E-state index contributed by atoms with van der Waals surface area (Å²) >= 11 is 0. The Morgan fingerprint density at radius 2 is 0.967 bits per heavy atom. The molecule has 10 aromatic carbocycles. The molecule has 0 atom stereocenters. The van der Waals surface area contributed by atoms with E-state index in [4.69, 9.17) is 0 Å². The second kappa shape index (κ2) is 15.3. The van der Waals surface area contributed by atoms with Crippen LogP contribution in [0.5, 0.6) is 0 Å². The van der Waals surface area contributed by atoms with E-state index in [0.29, 0.717) is 0 Å². The summed E-state index contributed by atoms with van der Waals surface area (Å²) in [5.41, 5.74) is 17.6. The van der Waals surface area contributed by atoms with Gasteiger partial charge in [-0.3, -0.25) is 0 Å². The number of hydrogen-bond acceptors (Lipinski definition) is 1. The first-order valence-electron chi connectivity index (χ1n) is 21.0. The SMILES string of the molecule is Cc1cccc2c1c1ccc(N(c3ccc(-c4ccc(-c5ccccc5)cc4-c4ccccc4)cc3)c3ccc4ccccc4c3-c3ccccc3)cc1n2-c1ccccc1. The van der Waals surface area contributed by atoms with Gasteiger partial charge in [-0.05, 0) is 117 Å². The van der Waals surface area contributed by atoms with Gasteiger partial charge < -0.3 is 9.47 Å². The van der Waals surface area contributed by atoms with Crippen molar-refractivity contribution in [1.82, 2.24) is 4.57 Å². The Morgan fingerprint density at radius 1 is 0.361 bits per heavy atom. The van der Waals surface area contributed by atoms with E-state index < -0.39 is 0 Å². The Labute approximate surface area is 356 Å². The minimum absolute atomic E-state index is 1.08. The molecule has 1 heterocycles. The number of anilines is 3. The molecule has 0 aliphatic heterocycles. The molecule has 0 saturated heterocycles. The lowest BCUT2D eigenvalue weighted by Gasteiger charge is -2.29. The summed E-state index contributed by atoms with van der Waals surface area (Å²) < 4.78 is 2.42. The predicted molar refractivity (Wildman–Crippen MR) is 259 cm³/mol. The first-order chi connectivity index (χ1) is 30.2. The maximum absolute atomic E-state index is 2.45. The first-order valence-corrected chi connectivity index (χ1v) is 21.0. The average molecular weight is 779 g/mol. The van der Waals surface area contributed by atoms with Crippen molar-refractivity contribution in [3.63, 3.8) is 0 Å². The van der Waals surface area contributed by atoms with E-state index in [9.17, 15) is 0 Å². The largest absolute Gasteiger partial charge is 0.310 e. The van der Waals surface area contributed by atoms with Gasteiger partial charge in [0, 0.05) is 33.4 Å². The molecule has 0 unspecified atom stereocenters. The number of para-hydroxylation sites is 1. The summed E-state index contributed by atoms with van der Waals surface area (Å²) in [5, 5.41) is 4.95. The molecule has 0 bridgehead atoms. The topological polar surface area (TPSA) is 8.17 Å². The molecule has 0 saturated carbocycles. The van der Waals surface area contributed by atoms with Crippen LogP contribution in [0, 0.1) is 6.92 Å². The zero-order valence-corrected chi connectivity index (χ0v) is 33.9. The normalized spacial score (nSPS) is 11.4. The second-order valence-electron chi connectivity index (χ2n) is 15.8. The zero-order chi connectivity index (χ0) is 40.7. The van der Waals surface area contributed by atoms with E-state index in [-0.39, 0.29) is 0 Å². The average Bonchev–Trinajstić information content (AvgIpc) is 3.67. The molecule has 61 heavy (non-hydrogen) atoms. The Balaban J connectivity index is 1.14. The maximum Gasteiger partial charge on any atom is 0.0562 e. The first kappa shape index (κ1) is 36.2. The van der Waals surface area contributed by atoms with E-state index in [1.54, 1.807) is 0 Å². The summed E-state index contributed by atoms with van der Waals surface area (Å²) in [4.78, 5) is 2.45. The van der Waals surface area contributed by atoms with Gasteiger partial charge in [0.25, 0.3) is 0 Å². The number of benzene rings is 10. The van der Waals surface area contributed by atoms with Gasteiger partial charge in [-0.15, -0.1) is 0 Å². The summed E-state index contributed by atoms with van der Waals surface area (Å²) in [5.74, 6) is 0. The molecule has 0 spiro atoms. The van der Waals surface area contributed by atoms with Crippen molar-refractivity contribution in [2.24, 2.45) is 0 Å². The highest BCUT2D eigenvalue weighted by Crippen LogP contribution is 2.47. The van der Waals surface area contributed by atoms with Crippen LogP contribution < -0.4 is 4.90 Å². The standard InChI is InChI=1S/C59H42N2/c1-41-17-16-28-55-58(41)53-37-35-50(40-57(53)61(55)48-25-12-5-13-26-48)60(56-38-32-44-22-14-15-27-52(44)59(56)46-23-10-4-11-24-46)49-33-29-45(30-34-49)51-36-31-47(42-18-6-2-7-19-42)39-54(51)43-20-8-3-9-21-43/h2-40H,1H3. The van der Waals surface area contributed by atoms with Crippen LogP contribution >= 0.6 is 0 Å². The van der Waals surface area contributed by atoms with Crippen LogP contribution in [-0.2, 0) is 0 Å². The third-order valence-electron chi connectivity index (χ3n) is 12.1. The molecule has 0 radical (unpaired) electrons. The van der Waals surface area contributed by atoms with Crippen molar-refractivity contribution < 1.29 is 0 Å². The van der Waals surface area contributed by atoms with Crippen LogP contribution in [0.4, 0.5) is 17.1 Å². The number of nitrogens with zero attached hydrogens (tertiary/aromatic N) is 2. The molecule has 2 heteroatoms. The van der Waals surface area contributed by atoms with E-state index in [0.717, 1.165) is 22.7 Å². The van der Waals surface area contributed by atoms with Gasteiger partial charge >= 0.3 is 0 Å². The third kappa shape index (κ3) is 6.46. The van der Waals surface area contributed by atoms with Crippen molar-refractivity contribution >= 4 is 49.6 Å². The number of hydrogen-bond donors (Lipinski definition) is 0. The zero-order valence-electron chi connectivity index (χ0n) is 33.9. The fourth-order valence-electron chi connectivity index (χ4n) is 9.26. The van der Waals surface area contributed by atoms with Crippen LogP contribution in [0.25, 0.3) is 82.8 Å². The van der Waals surface area contributed by atoms with Gasteiger partial charge in [0.05, 0.1) is 16.7 Å². The van der Waals surface area contributed by atoms with Crippen LogP contribution in [0.1, 0.15) is 5.56 Å². The third-order valence-corrected chi connectivity index (χ3v) is 12.1. The van der Waals surface area contributed by atoms with E-state index >= 15 is 0 Å². The van der Waals surface area contributed by atoms with Gasteiger partial charge in [0.15, 0.2) is 0 Å². The molecule has 2 nitrogen and oxygen atoms in total. The van der Waals surface area contributed by atoms with Crippen molar-refractivity contribution in [3.8, 4) is 50.2 Å². The minimum Gasteiger partial charge on any atom is -0.310 e. The molecule has 0 fully saturated rings. The van der Waals surface area contributed by atoms with Gasteiger partial charge in [0.2, 0.25) is 0 Å². The smallest absolute Gasteiger partial charge is 0.0562 e. The molecular formula is C59H42N2. The number of rotatable bonds is 8. The molecular weight excluding hydrogens is 737 g/mol. The molecule has 0 aliphatic carbocycles. The van der Waals surface area contributed by atoms with E-state index in [2.05, 4.69) is 253 Å². The highest BCUT2D eigenvalue weighted by atomic mass is 15.1. The van der Waals surface area contributed by atoms with Crippen molar-refractivity contribution in [1.29, 1.82) is 0 Å². The lowest BCUT2D eigenvalue weighted by Crippen LogP contribution is -2.11. The van der Waals surface area contributed by atoms with E-state index in [1.165, 1.54) is 82.6 Å². The number of aryl methyl sites for hydroxylation is 1. The van der Waals surface area contributed by atoms with Crippen molar-refractivity contribution in [2.45, 2.75) is 6.92 Å². The summed E-state index contributed by atoms with van der Waals surface area (Å²) in [6, 6.07) is 86.0. The van der Waals surface area contributed by atoms with Gasteiger partial charge in [-0.1, -0.05) is 182 Å².